The summed E-state index contributed by atoms with van der Waals surface area (Å²) in [5, 5.41) is 7.23. The molecule has 0 saturated carbocycles. The lowest BCUT2D eigenvalue weighted by Gasteiger charge is -2.31. The standard InChI is InChI=1S/C30H29Cl2FN4O3/c31-22-11-9-21(10-12-22)28-19-27(23-5-1-3-7-25(23)32)34-37(28)29(38)20-36(14-13-35-15-17-40-18-16-35)30(39)24-6-2-4-8-26(24)33/h1-12,28H,13-20H2. The van der Waals surface area contributed by atoms with Crippen LogP contribution >= 0.6 is 23.2 Å². The van der Waals surface area contributed by atoms with Crippen molar-refractivity contribution in [3.8, 4) is 0 Å². The second-order valence-electron chi connectivity index (χ2n) is 9.70. The molecule has 2 amide bonds. The van der Waals surface area contributed by atoms with Gasteiger partial charge in [0, 0.05) is 48.2 Å². The van der Waals surface area contributed by atoms with Gasteiger partial charge < -0.3 is 9.64 Å². The fraction of sp³-hybridized carbons (Fsp3) is 0.300. The van der Waals surface area contributed by atoms with Crippen molar-refractivity contribution in [3.63, 3.8) is 0 Å². The molecule has 0 aromatic heterocycles. The molecule has 1 atom stereocenters. The first-order valence-corrected chi connectivity index (χ1v) is 13.9. The molecule has 0 bridgehead atoms. The predicted octanol–water partition coefficient (Wildman–Crippen LogP) is 5.28. The lowest BCUT2D eigenvalue weighted by Crippen LogP contribution is -2.46. The van der Waals surface area contributed by atoms with Gasteiger partial charge in [-0.1, -0.05) is 65.7 Å². The molecule has 208 valence electrons. The SMILES string of the molecule is O=C(c1ccccc1F)N(CCN1CCOCC1)CC(=O)N1N=C(c2ccccc2Cl)CC1c1ccc(Cl)cc1. The zero-order valence-electron chi connectivity index (χ0n) is 21.8. The van der Waals surface area contributed by atoms with E-state index in [1.807, 2.05) is 30.3 Å². The number of nitrogens with zero attached hydrogens (tertiary/aromatic N) is 4. The Balaban J connectivity index is 1.43. The minimum atomic E-state index is -0.629. The average Bonchev–Trinajstić information content (AvgIpc) is 3.42. The van der Waals surface area contributed by atoms with E-state index in [-0.39, 0.29) is 24.6 Å². The molecule has 40 heavy (non-hydrogen) atoms. The largest absolute Gasteiger partial charge is 0.379 e. The van der Waals surface area contributed by atoms with Crippen LogP contribution in [0.15, 0.2) is 77.9 Å². The Bertz CT molecular complexity index is 1400. The Morgan fingerprint density at radius 1 is 0.975 bits per heavy atom. The fourth-order valence-corrected chi connectivity index (χ4v) is 5.29. The number of carbonyl (C=O) groups excluding carboxylic acids is 2. The second kappa shape index (κ2) is 12.9. The molecular formula is C30H29Cl2FN4O3. The summed E-state index contributed by atoms with van der Waals surface area (Å²) >= 11 is 12.6. The first kappa shape index (κ1) is 28.2. The number of carbonyl (C=O) groups is 2. The number of morpholine rings is 1. The van der Waals surface area contributed by atoms with E-state index in [4.69, 9.17) is 33.0 Å². The number of hydrogen-bond donors (Lipinski definition) is 0. The van der Waals surface area contributed by atoms with Gasteiger partial charge in [0.1, 0.15) is 12.4 Å². The van der Waals surface area contributed by atoms with Crippen molar-refractivity contribution in [3.05, 3.63) is 105 Å². The molecular weight excluding hydrogens is 554 g/mol. The number of hydrazone groups is 1. The first-order chi connectivity index (χ1) is 19.4. The highest BCUT2D eigenvalue weighted by atomic mass is 35.5. The molecule has 2 aliphatic heterocycles. The third-order valence-electron chi connectivity index (χ3n) is 7.11. The third-order valence-corrected chi connectivity index (χ3v) is 7.69. The highest BCUT2D eigenvalue weighted by molar-refractivity contribution is 6.34. The summed E-state index contributed by atoms with van der Waals surface area (Å²) in [5.74, 6) is -1.55. The summed E-state index contributed by atoms with van der Waals surface area (Å²) in [6.45, 7) is 3.19. The van der Waals surface area contributed by atoms with Crippen molar-refractivity contribution in [2.75, 3.05) is 45.9 Å². The normalized spacial score (nSPS) is 17.5. The maximum absolute atomic E-state index is 14.6. The molecule has 2 heterocycles. The number of rotatable bonds is 8. The maximum Gasteiger partial charge on any atom is 0.262 e. The van der Waals surface area contributed by atoms with Crippen molar-refractivity contribution in [2.45, 2.75) is 12.5 Å². The van der Waals surface area contributed by atoms with Crippen molar-refractivity contribution < 1.29 is 18.7 Å². The molecule has 0 spiro atoms. The molecule has 5 rings (SSSR count). The Kier molecular flexibility index (Phi) is 9.11. The van der Waals surface area contributed by atoms with Gasteiger partial charge in [-0.05, 0) is 35.9 Å². The van der Waals surface area contributed by atoms with E-state index in [0.717, 1.165) is 24.2 Å². The number of amides is 2. The van der Waals surface area contributed by atoms with E-state index >= 15 is 0 Å². The Hall–Kier alpha value is -3.30. The number of halogens is 3. The van der Waals surface area contributed by atoms with Gasteiger partial charge in [-0.15, -0.1) is 0 Å². The number of hydrogen-bond acceptors (Lipinski definition) is 5. The van der Waals surface area contributed by atoms with Crippen LogP contribution in [0.2, 0.25) is 10.0 Å². The molecule has 0 N–H and O–H groups in total. The smallest absolute Gasteiger partial charge is 0.262 e. The quantitative estimate of drug-likeness (QED) is 0.362. The van der Waals surface area contributed by atoms with Gasteiger partial charge in [0.25, 0.3) is 11.8 Å². The summed E-state index contributed by atoms with van der Waals surface area (Å²) in [4.78, 5) is 31.0. The van der Waals surface area contributed by atoms with E-state index < -0.39 is 17.8 Å². The minimum absolute atomic E-state index is 0.0757. The van der Waals surface area contributed by atoms with Crippen LogP contribution in [-0.2, 0) is 9.53 Å². The van der Waals surface area contributed by atoms with Crippen LogP contribution in [0.3, 0.4) is 0 Å². The summed E-state index contributed by atoms with van der Waals surface area (Å²) in [7, 11) is 0. The highest BCUT2D eigenvalue weighted by Gasteiger charge is 2.35. The molecule has 1 fully saturated rings. The van der Waals surface area contributed by atoms with Gasteiger partial charge in [-0.2, -0.15) is 5.10 Å². The predicted molar refractivity (Wildman–Crippen MR) is 153 cm³/mol. The zero-order valence-corrected chi connectivity index (χ0v) is 23.3. The molecule has 1 saturated heterocycles. The van der Waals surface area contributed by atoms with Crippen LogP contribution in [-0.4, -0.2) is 78.3 Å². The van der Waals surface area contributed by atoms with Gasteiger partial charge in [-0.25, -0.2) is 9.40 Å². The van der Waals surface area contributed by atoms with Gasteiger partial charge in [0.05, 0.1) is 30.5 Å². The Labute approximate surface area is 242 Å². The summed E-state index contributed by atoms with van der Waals surface area (Å²) in [5.41, 5.74) is 2.18. The van der Waals surface area contributed by atoms with Crippen molar-refractivity contribution in [2.24, 2.45) is 5.10 Å². The topological polar surface area (TPSA) is 65.5 Å². The summed E-state index contributed by atoms with van der Waals surface area (Å²) in [6.07, 6.45) is 0.437. The lowest BCUT2D eigenvalue weighted by atomic mass is 9.98. The van der Waals surface area contributed by atoms with Crippen LogP contribution in [0.5, 0.6) is 0 Å². The molecule has 3 aromatic carbocycles. The van der Waals surface area contributed by atoms with Crippen molar-refractivity contribution in [1.29, 1.82) is 0 Å². The van der Waals surface area contributed by atoms with Crippen LogP contribution in [0.1, 0.15) is 33.9 Å². The summed E-state index contributed by atoms with van der Waals surface area (Å²) in [6, 6.07) is 20.0. The van der Waals surface area contributed by atoms with Gasteiger partial charge in [-0.3, -0.25) is 14.5 Å². The average molecular weight is 583 g/mol. The van der Waals surface area contributed by atoms with Gasteiger partial charge in [0.2, 0.25) is 0 Å². The van der Waals surface area contributed by atoms with Crippen LogP contribution < -0.4 is 0 Å². The monoisotopic (exact) mass is 582 g/mol. The molecule has 10 heteroatoms. The van der Waals surface area contributed by atoms with E-state index in [1.54, 1.807) is 24.3 Å². The Morgan fingerprint density at radius 3 is 2.40 bits per heavy atom. The van der Waals surface area contributed by atoms with Crippen molar-refractivity contribution in [1.82, 2.24) is 14.8 Å². The van der Waals surface area contributed by atoms with Crippen LogP contribution in [0.25, 0.3) is 0 Å². The molecule has 7 nitrogen and oxygen atoms in total. The number of ether oxygens (including phenoxy) is 1. The van der Waals surface area contributed by atoms with Gasteiger partial charge >= 0.3 is 0 Å². The van der Waals surface area contributed by atoms with Crippen LogP contribution in [0, 0.1) is 5.82 Å². The van der Waals surface area contributed by atoms with E-state index in [2.05, 4.69) is 4.90 Å². The van der Waals surface area contributed by atoms with E-state index in [1.165, 1.54) is 28.1 Å². The van der Waals surface area contributed by atoms with Crippen LogP contribution in [0.4, 0.5) is 4.39 Å². The zero-order chi connectivity index (χ0) is 28.1. The molecule has 2 aliphatic rings. The van der Waals surface area contributed by atoms with E-state index in [0.29, 0.717) is 41.9 Å². The molecule has 3 aromatic rings. The fourth-order valence-electron chi connectivity index (χ4n) is 4.92. The van der Waals surface area contributed by atoms with Crippen molar-refractivity contribution >= 4 is 40.7 Å². The second-order valence-corrected chi connectivity index (χ2v) is 10.5. The molecule has 0 radical (unpaired) electrons. The molecule has 1 unspecified atom stereocenters. The van der Waals surface area contributed by atoms with E-state index in [9.17, 15) is 14.0 Å². The first-order valence-electron chi connectivity index (χ1n) is 13.1. The third kappa shape index (κ3) is 6.53. The Morgan fingerprint density at radius 2 is 1.68 bits per heavy atom. The maximum atomic E-state index is 14.6. The summed E-state index contributed by atoms with van der Waals surface area (Å²) < 4.78 is 20.0. The molecule has 0 aliphatic carbocycles. The number of benzene rings is 3. The minimum Gasteiger partial charge on any atom is -0.379 e. The highest BCUT2D eigenvalue weighted by Crippen LogP contribution is 2.35. The van der Waals surface area contributed by atoms with Gasteiger partial charge in [0.15, 0.2) is 0 Å². The lowest BCUT2D eigenvalue weighted by molar-refractivity contribution is -0.133.